The maximum Gasteiger partial charge on any atom is 0.244 e. The number of amides is 1. The van der Waals surface area contributed by atoms with Crippen LogP contribution < -0.4 is 10.5 Å². The van der Waals surface area contributed by atoms with Crippen LogP contribution >= 0.6 is 11.6 Å². The Kier molecular flexibility index (Phi) is 7.38. The number of halogens is 1. The quantitative estimate of drug-likeness (QED) is 0.542. The smallest absolute Gasteiger partial charge is 0.244 e. The molecule has 1 aromatic rings. The molecule has 0 aliphatic heterocycles. The molecule has 21 heavy (non-hydrogen) atoms. The number of hydrogen-bond donors (Lipinski definition) is 2. The van der Waals surface area contributed by atoms with E-state index in [1.165, 1.54) is 6.08 Å². The molecule has 0 spiro atoms. The number of rotatable bonds is 8. The van der Waals surface area contributed by atoms with E-state index in [-0.39, 0.29) is 31.4 Å². The average Bonchev–Trinajstić information content (AvgIpc) is 2.41. The second-order valence-electron chi connectivity index (χ2n) is 4.16. The van der Waals surface area contributed by atoms with E-state index in [4.69, 9.17) is 21.5 Å². The molecular weight excluding hydrogens is 316 g/mol. The molecule has 0 bridgehead atoms. The van der Waals surface area contributed by atoms with Crippen LogP contribution in [0.25, 0.3) is 6.08 Å². The summed E-state index contributed by atoms with van der Waals surface area (Å²) in [6.07, 6.45) is 3.06. The molecule has 0 heterocycles. The van der Waals surface area contributed by atoms with Gasteiger partial charge in [0, 0.05) is 17.6 Å². The van der Waals surface area contributed by atoms with Gasteiger partial charge in [-0.25, -0.2) is 13.6 Å². The summed E-state index contributed by atoms with van der Waals surface area (Å²) in [5.41, 5.74) is 0.860. The fourth-order valence-corrected chi connectivity index (χ4v) is 1.80. The number of sulfonamides is 1. The number of ether oxygens (including phenoxy) is 1. The fourth-order valence-electron chi connectivity index (χ4n) is 1.33. The van der Waals surface area contributed by atoms with Gasteiger partial charge in [-0.05, 0) is 23.8 Å². The van der Waals surface area contributed by atoms with Crippen molar-refractivity contribution < 1.29 is 17.9 Å². The zero-order chi connectivity index (χ0) is 15.7. The number of hydrogen-bond acceptors (Lipinski definition) is 4. The molecule has 0 radical (unpaired) electrons. The Hall–Kier alpha value is -1.41. The zero-order valence-corrected chi connectivity index (χ0v) is 12.9. The lowest BCUT2D eigenvalue weighted by molar-refractivity contribution is -0.116. The Labute approximate surface area is 129 Å². The Morgan fingerprint density at radius 3 is 2.57 bits per heavy atom. The van der Waals surface area contributed by atoms with Crippen LogP contribution in [0, 0.1) is 0 Å². The largest absolute Gasteiger partial charge is 0.379 e. The molecule has 0 fully saturated rings. The van der Waals surface area contributed by atoms with Crippen molar-refractivity contribution in [2.24, 2.45) is 5.14 Å². The van der Waals surface area contributed by atoms with Gasteiger partial charge in [-0.1, -0.05) is 23.7 Å². The maximum absolute atomic E-state index is 11.5. The van der Waals surface area contributed by atoms with Crippen LogP contribution in [0.5, 0.6) is 0 Å². The van der Waals surface area contributed by atoms with Crippen molar-refractivity contribution in [2.45, 2.75) is 0 Å². The highest BCUT2D eigenvalue weighted by molar-refractivity contribution is 7.89. The van der Waals surface area contributed by atoms with Crippen molar-refractivity contribution in [2.75, 3.05) is 25.5 Å². The van der Waals surface area contributed by atoms with E-state index >= 15 is 0 Å². The lowest BCUT2D eigenvalue weighted by Gasteiger charge is -2.04. The van der Waals surface area contributed by atoms with E-state index in [0.29, 0.717) is 5.02 Å². The standard InChI is InChI=1S/C13H17ClN2O4S/c14-12-4-1-11(2-5-12)3-6-13(17)16-7-8-20-9-10-21(15,18)19/h1-6H,7-10H2,(H,16,17)(H2,15,18,19)/b6-3+. The maximum atomic E-state index is 11.5. The number of nitrogens with one attached hydrogen (secondary N) is 1. The van der Waals surface area contributed by atoms with Gasteiger partial charge in [0.2, 0.25) is 15.9 Å². The molecule has 1 amide bonds. The van der Waals surface area contributed by atoms with E-state index in [2.05, 4.69) is 5.32 Å². The first-order valence-electron chi connectivity index (χ1n) is 6.16. The Bertz CT molecular complexity index is 585. The van der Waals surface area contributed by atoms with Gasteiger partial charge in [-0.3, -0.25) is 4.79 Å². The van der Waals surface area contributed by atoms with Crippen molar-refractivity contribution >= 4 is 33.6 Å². The first-order chi connectivity index (χ1) is 9.87. The lowest BCUT2D eigenvalue weighted by atomic mass is 10.2. The van der Waals surface area contributed by atoms with Crippen molar-refractivity contribution in [1.29, 1.82) is 0 Å². The second kappa shape index (κ2) is 8.78. The van der Waals surface area contributed by atoms with Crippen LogP contribution in [0.3, 0.4) is 0 Å². The van der Waals surface area contributed by atoms with E-state index < -0.39 is 10.0 Å². The van der Waals surface area contributed by atoms with E-state index in [0.717, 1.165) is 5.56 Å². The van der Waals surface area contributed by atoms with E-state index in [1.807, 2.05) is 0 Å². The van der Waals surface area contributed by atoms with Gasteiger partial charge in [-0.2, -0.15) is 0 Å². The predicted molar refractivity (Wildman–Crippen MR) is 82.3 cm³/mol. The molecule has 0 saturated heterocycles. The minimum Gasteiger partial charge on any atom is -0.379 e. The van der Waals surface area contributed by atoms with Crippen LogP contribution in [0.2, 0.25) is 5.02 Å². The summed E-state index contributed by atoms with van der Waals surface area (Å²) in [7, 11) is -3.50. The molecule has 0 aliphatic rings. The monoisotopic (exact) mass is 332 g/mol. The minimum atomic E-state index is -3.50. The topological polar surface area (TPSA) is 98.5 Å². The van der Waals surface area contributed by atoms with Crippen LogP contribution in [0.1, 0.15) is 5.56 Å². The highest BCUT2D eigenvalue weighted by atomic mass is 35.5. The summed E-state index contributed by atoms with van der Waals surface area (Å²) in [6.45, 7) is 0.514. The molecule has 3 N–H and O–H groups in total. The van der Waals surface area contributed by atoms with Crippen molar-refractivity contribution in [1.82, 2.24) is 5.32 Å². The number of primary sulfonamides is 1. The molecule has 6 nitrogen and oxygen atoms in total. The summed E-state index contributed by atoms with van der Waals surface area (Å²) in [6, 6.07) is 7.06. The molecule has 116 valence electrons. The summed E-state index contributed by atoms with van der Waals surface area (Å²) in [5.74, 6) is -0.503. The first kappa shape index (κ1) is 17.6. The van der Waals surface area contributed by atoms with Gasteiger partial charge in [0.1, 0.15) is 0 Å². The van der Waals surface area contributed by atoms with Gasteiger partial charge in [0.25, 0.3) is 0 Å². The summed E-state index contributed by atoms with van der Waals surface area (Å²) < 4.78 is 26.3. The molecule has 0 saturated carbocycles. The van der Waals surface area contributed by atoms with Gasteiger partial charge >= 0.3 is 0 Å². The van der Waals surface area contributed by atoms with Gasteiger partial charge in [-0.15, -0.1) is 0 Å². The summed E-state index contributed by atoms with van der Waals surface area (Å²) >= 11 is 5.75. The first-order valence-corrected chi connectivity index (χ1v) is 8.26. The second-order valence-corrected chi connectivity index (χ2v) is 6.33. The van der Waals surface area contributed by atoms with Crippen molar-refractivity contribution in [3.8, 4) is 0 Å². The highest BCUT2D eigenvalue weighted by Crippen LogP contribution is 2.10. The van der Waals surface area contributed by atoms with Gasteiger partial charge in [0.15, 0.2) is 0 Å². The third-order valence-electron chi connectivity index (χ3n) is 2.35. The number of carbonyl (C=O) groups excluding carboxylic acids is 1. The SMILES string of the molecule is NS(=O)(=O)CCOCCNC(=O)/C=C/c1ccc(Cl)cc1. The molecular formula is C13H17ClN2O4S. The van der Waals surface area contributed by atoms with Crippen LogP contribution in [-0.2, 0) is 19.6 Å². The average molecular weight is 333 g/mol. The third-order valence-corrected chi connectivity index (χ3v) is 3.34. The van der Waals surface area contributed by atoms with E-state index in [9.17, 15) is 13.2 Å². The Morgan fingerprint density at radius 1 is 1.29 bits per heavy atom. The minimum absolute atomic E-state index is 0.00924. The molecule has 0 atom stereocenters. The van der Waals surface area contributed by atoms with Crippen LogP contribution in [0.15, 0.2) is 30.3 Å². The van der Waals surface area contributed by atoms with Gasteiger partial charge < -0.3 is 10.1 Å². The van der Waals surface area contributed by atoms with Gasteiger partial charge in [0.05, 0.1) is 19.0 Å². The highest BCUT2D eigenvalue weighted by Gasteiger charge is 2.01. The summed E-state index contributed by atoms with van der Waals surface area (Å²) in [5, 5.41) is 8.04. The lowest BCUT2D eigenvalue weighted by Crippen LogP contribution is -2.27. The molecule has 1 rings (SSSR count). The number of carbonyl (C=O) groups is 1. The Balaban J connectivity index is 2.18. The molecule has 0 aliphatic carbocycles. The molecule has 1 aromatic carbocycles. The van der Waals surface area contributed by atoms with Crippen LogP contribution in [0.4, 0.5) is 0 Å². The number of nitrogens with two attached hydrogens (primary N) is 1. The number of benzene rings is 1. The zero-order valence-electron chi connectivity index (χ0n) is 11.3. The van der Waals surface area contributed by atoms with Crippen LogP contribution in [-0.4, -0.2) is 39.8 Å². The fraction of sp³-hybridized carbons (Fsp3) is 0.308. The van der Waals surface area contributed by atoms with Crippen molar-refractivity contribution in [3.05, 3.63) is 40.9 Å². The van der Waals surface area contributed by atoms with E-state index in [1.54, 1.807) is 30.3 Å². The molecule has 8 heteroatoms. The molecule has 0 aromatic heterocycles. The summed E-state index contributed by atoms with van der Waals surface area (Å²) in [4.78, 5) is 11.5. The normalized spacial score (nSPS) is 11.7. The Morgan fingerprint density at radius 2 is 1.95 bits per heavy atom. The molecule has 0 unspecified atom stereocenters. The predicted octanol–water partition coefficient (Wildman–Crippen LogP) is 0.774. The third kappa shape index (κ3) is 9.19. The van der Waals surface area contributed by atoms with Crippen molar-refractivity contribution in [3.63, 3.8) is 0 Å².